The van der Waals surface area contributed by atoms with Gasteiger partial charge in [0.05, 0.1) is 0 Å². The van der Waals surface area contributed by atoms with E-state index in [9.17, 15) is 4.79 Å². The quantitative estimate of drug-likeness (QED) is 0.651. The van der Waals surface area contributed by atoms with Crippen LogP contribution in [0.4, 0.5) is 0 Å². The van der Waals surface area contributed by atoms with E-state index < -0.39 is 0 Å². The summed E-state index contributed by atoms with van der Waals surface area (Å²) in [4.78, 5) is 11.4. The van der Waals surface area contributed by atoms with Crippen molar-refractivity contribution in [1.82, 2.24) is 0 Å². The minimum absolute atomic E-state index is 0.310. The van der Waals surface area contributed by atoms with Crippen molar-refractivity contribution in [3.05, 3.63) is 45.3 Å². The molecule has 0 unspecified atom stereocenters. The van der Waals surface area contributed by atoms with Crippen molar-refractivity contribution in [3.63, 3.8) is 0 Å². The van der Waals surface area contributed by atoms with E-state index in [4.69, 9.17) is 9.15 Å². The van der Waals surface area contributed by atoms with Crippen LogP contribution in [0.15, 0.2) is 27.4 Å². The lowest BCUT2D eigenvalue weighted by Gasteiger charge is -2.17. The van der Waals surface area contributed by atoms with E-state index in [-0.39, 0.29) is 5.63 Å². The molecular weight excluding hydrogens is 216 g/mol. The molecule has 1 aliphatic heterocycles. The molecule has 3 rings (SSSR count). The largest absolute Gasteiger partial charge is 0.489 e. The Labute approximate surface area is 98.3 Å². The highest BCUT2D eigenvalue weighted by Gasteiger charge is 2.16. The van der Waals surface area contributed by atoms with Crippen molar-refractivity contribution < 1.29 is 9.15 Å². The van der Waals surface area contributed by atoms with Gasteiger partial charge < -0.3 is 9.15 Å². The number of hydrogen-bond donors (Lipinski definition) is 0. The first-order chi connectivity index (χ1) is 8.16. The van der Waals surface area contributed by atoms with Crippen LogP contribution in [0, 0.1) is 13.8 Å². The summed E-state index contributed by atoms with van der Waals surface area (Å²) in [6, 6.07) is 3.38. The minimum atomic E-state index is -0.310. The zero-order valence-electron chi connectivity index (χ0n) is 9.74. The van der Waals surface area contributed by atoms with E-state index in [1.807, 2.05) is 32.1 Å². The SMILES string of the molecule is Cc1cc2oc(=O)cc(C)c2c2c1OCC=C2. The van der Waals surface area contributed by atoms with Gasteiger partial charge in [-0.2, -0.15) is 0 Å². The fraction of sp³-hybridized carbons (Fsp3) is 0.214. The monoisotopic (exact) mass is 228 g/mol. The Hall–Kier alpha value is -2.03. The third-order valence-corrected chi connectivity index (χ3v) is 3.01. The Morgan fingerprint density at radius 3 is 2.82 bits per heavy atom. The molecule has 17 heavy (non-hydrogen) atoms. The average molecular weight is 228 g/mol. The smallest absolute Gasteiger partial charge is 0.336 e. The Bertz CT molecular complexity index is 693. The summed E-state index contributed by atoms with van der Waals surface area (Å²) < 4.78 is 10.9. The normalized spacial score (nSPS) is 13.5. The van der Waals surface area contributed by atoms with Crippen molar-refractivity contribution in [1.29, 1.82) is 0 Å². The van der Waals surface area contributed by atoms with E-state index >= 15 is 0 Å². The van der Waals surface area contributed by atoms with Crippen LogP contribution in [0.1, 0.15) is 16.7 Å². The number of rotatable bonds is 0. The number of benzene rings is 1. The molecule has 0 fully saturated rings. The van der Waals surface area contributed by atoms with Crippen molar-refractivity contribution in [2.45, 2.75) is 13.8 Å². The molecule has 2 aromatic rings. The van der Waals surface area contributed by atoms with E-state index in [1.54, 1.807) is 0 Å². The van der Waals surface area contributed by atoms with Crippen LogP contribution in [-0.2, 0) is 0 Å². The molecule has 0 saturated heterocycles. The van der Waals surface area contributed by atoms with Gasteiger partial charge in [0.15, 0.2) is 0 Å². The fourth-order valence-electron chi connectivity index (χ4n) is 2.32. The van der Waals surface area contributed by atoms with Gasteiger partial charge >= 0.3 is 5.63 Å². The molecule has 0 amide bonds. The highest BCUT2D eigenvalue weighted by Crippen LogP contribution is 2.35. The first kappa shape index (κ1) is 10.1. The second kappa shape index (κ2) is 3.48. The van der Waals surface area contributed by atoms with Gasteiger partial charge in [0.1, 0.15) is 17.9 Å². The highest BCUT2D eigenvalue weighted by atomic mass is 16.5. The molecule has 0 radical (unpaired) electrons. The minimum Gasteiger partial charge on any atom is -0.489 e. The van der Waals surface area contributed by atoms with Gasteiger partial charge in [-0.05, 0) is 37.1 Å². The van der Waals surface area contributed by atoms with E-state index in [0.29, 0.717) is 12.2 Å². The van der Waals surface area contributed by atoms with E-state index in [0.717, 1.165) is 27.8 Å². The van der Waals surface area contributed by atoms with Gasteiger partial charge in [-0.15, -0.1) is 0 Å². The van der Waals surface area contributed by atoms with Gasteiger partial charge in [0.25, 0.3) is 0 Å². The molecule has 2 heterocycles. The van der Waals surface area contributed by atoms with Crippen molar-refractivity contribution >= 4 is 17.0 Å². The van der Waals surface area contributed by atoms with E-state index in [1.165, 1.54) is 6.07 Å². The van der Waals surface area contributed by atoms with Crippen LogP contribution in [0.2, 0.25) is 0 Å². The Balaban J connectivity index is 2.53. The summed E-state index contributed by atoms with van der Waals surface area (Å²) in [6.45, 7) is 4.46. The third-order valence-electron chi connectivity index (χ3n) is 3.01. The fourth-order valence-corrected chi connectivity index (χ4v) is 2.32. The summed E-state index contributed by atoms with van der Waals surface area (Å²) >= 11 is 0. The standard InChI is InChI=1S/C14H12O3/c1-8-7-12(15)17-11-6-9(2)14-10(13(8)11)4-3-5-16-14/h3-4,6-7H,5H2,1-2H3. The average Bonchev–Trinajstić information content (AvgIpc) is 2.28. The second-order valence-electron chi connectivity index (χ2n) is 4.27. The van der Waals surface area contributed by atoms with Gasteiger partial charge in [-0.1, -0.05) is 6.08 Å². The van der Waals surface area contributed by atoms with Gasteiger partial charge in [0.2, 0.25) is 0 Å². The molecule has 0 atom stereocenters. The first-order valence-electron chi connectivity index (χ1n) is 5.54. The van der Waals surface area contributed by atoms with Crippen LogP contribution in [0.3, 0.4) is 0 Å². The molecule has 0 bridgehead atoms. The summed E-state index contributed by atoms with van der Waals surface area (Å²) in [5.74, 6) is 0.886. The molecule has 0 saturated carbocycles. The van der Waals surface area contributed by atoms with Crippen LogP contribution >= 0.6 is 0 Å². The number of ether oxygens (including phenoxy) is 1. The lowest BCUT2D eigenvalue weighted by Crippen LogP contribution is -2.05. The molecule has 3 heteroatoms. The maximum Gasteiger partial charge on any atom is 0.336 e. The predicted octanol–water partition coefficient (Wildman–Crippen LogP) is 2.82. The Morgan fingerprint density at radius 1 is 1.18 bits per heavy atom. The summed E-state index contributed by atoms with van der Waals surface area (Å²) in [5, 5.41) is 0.959. The molecule has 0 aliphatic carbocycles. The molecule has 1 aromatic heterocycles. The lowest BCUT2D eigenvalue weighted by atomic mass is 9.99. The summed E-state index contributed by atoms with van der Waals surface area (Å²) in [5.41, 5.74) is 3.23. The summed E-state index contributed by atoms with van der Waals surface area (Å²) in [6.07, 6.45) is 3.99. The molecule has 0 spiro atoms. The first-order valence-corrected chi connectivity index (χ1v) is 5.54. The third kappa shape index (κ3) is 1.46. The molecule has 1 aliphatic rings. The zero-order valence-corrected chi connectivity index (χ0v) is 9.74. The van der Waals surface area contributed by atoms with Crippen LogP contribution in [0.5, 0.6) is 5.75 Å². The van der Waals surface area contributed by atoms with Gasteiger partial charge in [-0.25, -0.2) is 4.79 Å². The predicted molar refractivity (Wildman–Crippen MR) is 66.5 cm³/mol. The maximum atomic E-state index is 11.4. The molecule has 1 aromatic carbocycles. The Kier molecular flexibility index (Phi) is 2.08. The van der Waals surface area contributed by atoms with Crippen molar-refractivity contribution in [2.75, 3.05) is 6.61 Å². The number of fused-ring (bicyclic) bond motifs is 3. The molecule has 86 valence electrons. The molecular formula is C14H12O3. The molecule has 3 nitrogen and oxygen atoms in total. The molecule has 0 N–H and O–H groups in total. The highest BCUT2D eigenvalue weighted by molar-refractivity contribution is 5.93. The van der Waals surface area contributed by atoms with Crippen LogP contribution in [0.25, 0.3) is 17.0 Å². The zero-order chi connectivity index (χ0) is 12.0. The van der Waals surface area contributed by atoms with Crippen molar-refractivity contribution in [3.8, 4) is 5.75 Å². The van der Waals surface area contributed by atoms with Gasteiger partial charge in [-0.3, -0.25) is 0 Å². The number of aryl methyl sites for hydroxylation is 2. The van der Waals surface area contributed by atoms with Gasteiger partial charge in [0, 0.05) is 17.0 Å². The maximum absolute atomic E-state index is 11.4. The Morgan fingerprint density at radius 2 is 2.00 bits per heavy atom. The second-order valence-corrected chi connectivity index (χ2v) is 4.27. The van der Waals surface area contributed by atoms with Crippen molar-refractivity contribution in [2.24, 2.45) is 0 Å². The summed E-state index contributed by atoms with van der Waals surface area (Å²) in [7, 11) is 0. The van der Waals surface area contributed by atoms with E-state index in [2.05, 4.69) is 0 Å². The topological polar surface area (TPSA) is 39.4 Å². The lowest BCUT2D eigenvalue weighted by molar-refractivity contribution is 0.356. The van der Waals surface area contributed by atoms with Crippen LogP contribution in [-0.4, -0.2) is 6.61 Å². The van der Waals surface area contributed by atoms with Crippen LogP contribution < -0.4 is 10.4 Å². The number of hydrogen-bond acceptors (Lipinski definition) is 3.